The van der Waals surface area contributed by atoms with Crippen LogP contribution < -0.4 is 4.90 Å². The number of benzene rings is 2. The molecule has 0 spiro atoms. The first-order chi connectivity index (χ1) is 14.2. The van der Waals surface area contributed by atoms with Crippen LogP contribution in [0.15, 0.2) is 60.9 Å². The zero-order valence-corrected chi connectivity index (χ0v) is 17.3. The van der Waals surface area contributed by atoms with Gasteiger partial charge in [0.15, 0.2) is 0 Å². The predicted molar refractivity (Wildman–Crippen MR) is 119 cm³/mol. The molecule has 0 radical (unpaired) electrons. The van der Waals surface area contributed by atoms with Crippen LogP contribution in [0.3, 0.4) is 0 Å². The molecule has 2 aromatic carbocycles. The average molecular weight is 391 g/mol. The first-order valence-corrected chi connectivity index (χ1v) is 10.4. The van der Waals surface area contributed by atoms with Crippen molar-refractivity contribution in [2.75, 3.05) is 51.8 Å². The van der Waals surface area contributed by atoms with E-state index in [9.17, 15) is 0 Å². The molecular weight excluding hydrogens is 360 g/mol. The molecule has 5 nitrogen and oxygen atoms in total. The number of ether oxygens (including phenoxy) is 1. The Hall–Kier alpha value is -2.63. The SMILES string of the molecule is CN(C)CCC(c1ccc(-c2cn[nH]c2)cc1)c1cccc(N2CCOCC2)c1. The molecule has 1 saturated heterocycles. The summed E-state index contributed by atoms with van der Waals surface area (Å²) in [4.78, 5) is 4.69. The third kappa shape index (κ3) is 4.86. The highest BCUT2D eigenvalue weighted by molar-refractivity contribution is 5.62. The lowest BCUT2D eigenvalue weighted by atomic mass is 9.87. The second-order valence-electron chi connectivity index (χ2n) is 7.95. The lowest BCUT2D eigenvalue weighted by Crippen LogP contribution is -2.36. The van der Waals surface area contributed by atoms with E-state index < -0.39 is 0 Å². The number of rotatable bonds is 7. The van der Waals surface area contributed by atoms with Crippen LogP contribution in [0.25, 0.3) is 11.1 Å². The van der Waals surface area contributed by atoms with Gasteiger partial charge in [-0.3, -0.25) is 5.10 Å². The van der Waals surface area contributed by atoms with Crippen molar-refractivity contribution in [2.45, 2.75) is 12.3 Å². The molecule has 1 atom stereocenters. The van der Waals surface area contributed by atoms with E-state index in [0.717, 1.165) is 44.8 Å². The maximum Gasteiger partial charge on any atom is 0.0642 e. The van der Waals surface area contributed by atoms with Crippen molar-refractivity contribution in [2.24, 2.45) is 0 Å². The van der Waals surface area contributed by atoms with Gasteiger partial charge in [-0.15, -0.1) is 0 Å². The summed E-state index contributed by atoms with van der Waals surface area (Å²) in [6.45, 7) is 4.60. The maximum absolute atomic E-state index is 5.52. The van der Waals surface area contributed by atoms with Crippen molar-refractivity contribution in [1.82, 2.24) is 15.1 Å². The molecule has 2 heterocycles. The molecule has 1 aliphatic rings. The Morgan fingerprint density at radius 2 is 1.83 bits per heavy atom. The van der Waals surface area contributed by atoms with Gasteiger partial charge in [-0.1, -0.05) is 36.4 Å². The second kappa shape index (κ2) is 9.25. The molecule has 0 saturated carbocycles. The van der Waals surface area contributed by atoms with Crippen molar-refractivity contribution in [1.29, 1.82) is 0 Å². The molecule has 0 aliphatic carbocycles. The molecule has 152 valence electrons. The van der Waals surface area contributed by atoms with E-state index in [1.54, 1.807) is 0 Å². The van der Waals surface area contributed by atoms with Gasteiger partial charge in [0.2, 0.25) is 0 Å². The number of morpholine rings is 1. The largest absolute Gasteiger partial charge is 0.378 e. The number of aromatic amines is 1. The number of hydrogen-bond donors (Lipinski definition) is 1. The third-order valence-electron chi connectivity index (χ3n) is 5.66. The Kier molecular flexibility index (Phi) is 6.27. The lowest BCUT2D eigenvalue weighted by Gasteiger charge is -2.30. The number of nitrogens with one attached hydrogen (secondary N) is 1. The minimum atomic E-state index is 0.372. The van der Waals surface area contributed by atoms with Gasteiger partial charge in [0.05, 0.1) is 19.4 Å². The van der Waals surface area contributed by atoms with Crippen LogP contribution in [0.2, 0.25) is 0 Å². The van der Waals surface area contributed by atoms with E-state index in [1.807, 2.05) is 12.4 Å². The molecule has 0 bridgehead atoms. The van der Waals surface area contributed by atoms with Gasteiger partial charge in [0.25, 0.3) is 0 Å². The summed E-state index contributed by atoms with van der Waals surface area (Å²) in [5.41, 5.74) is 6.35. The van der Waals surface area contributed by atoms with Gasteiger partial charge in [0, 0.05) is 36.5 Å². The summed E-state index contributed by atoms with van der Waals surface area (Å²) < 4.78 is 5.52. The Morgan fingerprint density at radius 1 is 1.03 bits per heavy atom. The minimum absolute atomic E-state index is 0.372. The standard InChI is InChI=1S/C24H30N4O/c1-27(2)11-10-24(20-8-6-19(7-9-20)22-17-25-26-18-22)21-4-3-5-23(16-21)28-12-14-29-15-13-28/h3-9,16-18,24H,10-15H2,1-2H3,(H,25,26). The van der Waals surface area contributed by atoms with Crippen molar-refractivity contribution in [3.8, 4) is 11.1 Å². The van der Waals surface area contributed by atoms with Crippen LogP contribution in [0, 0.1) is 0 Å². The number of H-pyrrole nitrogens is 1. The number of nitrogens with zero attached hydrogens (tertiary/aromatic N) is 3. The Labute approximate surface area is 173 Å². The number of anilines is 1. The Morgan fingerprint density at radius 3 is 2.52 bits per heavy atom. The molecule has 3 aromatic rings. The van der Waals surface area contributed by atoms with Gasteiger partial charge >= 0.3 is 0 Å². The Balaban J connectivity index is 1.61. The van der Waals surface area contributed by atoms with E-state index in [2.05, 4.69) is 82.6 Å². The molecule has 0 amide bonds. The fraction of sp³-hybridized carbons (Fsp3) is 0.375. The number of aromatic nitrogens is 2. The summed E-state index contributed by atoms with van der Waals surface area (Å²) in [6, 6.07) is 18.0. The van der Waals surface area contributed by atoms with Crippen molar-refractivity contribution >= 4 is 5.69 Å². The quantitative estimate of drug-likeness (QED) is 0.662. The molecule has 29 heavy (non-hydrogen) atoms. The van der Waals surface area contributed by atoms with Gasteiger partial charge in [0.1, 0.15) is 0 Å². The predicted octanol–water partition coefficient (Wildman–Crippen LogP) is 4.00. The van der Waals surface area contributed by atoms with Crippen LogP contribution in [0.4, 0.5) is 5.69 Å². The molecule has 5 heteroatoms. The normalized spacial score (nSPS) is 15.6. The van der Waals surface area contributed by atoms with Crippen molar-refractivity contribution < 1.29 is 4.74 Å². The van der Waals surface area contributed by atoms with Crippen LogP contribution in [-0.2, 0) is 4.74 Å². The van der Waals surface area contributed by atoms with Crippen LogP contribution in [-0.4, -0.2) is 62.0 Å². The minimum Gasteiger partial charge on any atom is -0.378 e. The van der Waals surface area contributed by atoms with Gasteiger partial charge < -0.3 is 14.5 Å². The summed E-state index contributed by atoms with van der Waals surface area (Å²) in [6.07, 6.45) is 4.89. The molecular formula is C24H30N4O. The Bertz CT molecular complexity index is 884. The molecule has 4 rings (SSSR count). The molecule has 1 aromatic heterocycles. The third-order valence-corrected chi connectivity index (χ3v) is 5.66. The van der Waals surface area contributed by atoms with E-state index >= 15 is 0 Å². The summed E-state index contributed by atoms with van der Waals surface area (Å²) >= 11 is 0. The van der Waals surface area contributed by atoms with Crippen LogP contribution in [0.1, 0.15) is 23.5 Å². The van der Waals surface area contributed by atoms with Gasteiger partial charge in [-0.2, -0.15) is 5.10 Å². The van der Waals surface area contributed by atoms with E-state index in [0.29, 0.717) is 5.92 Å². The van der Waals surface area contributed by atoms with E-state index in [4.69, 9.17) is 4.74 Å². The van der Waals surface area contributed by atoms with E-state index in [1.165, 1.54) is 22.4 Å². The second-order valence-corrected chi connectivity index (χ2v) is 7.95. The lowest BCUT2D eigenvalue weighted by molar-refractivity contribution is 0.122. The molecule has 1 N–H and O–H groups in total. The van der Waals surface area contributed by atoms with E-state index in [-0.39, 0.29) is 0 Å². The van der Waals surface area contributed by atoms with Gasteiger partial charge in [-0.05, 0) is 55.9 Å². The molecule has 1 fully saturated rings. The maximum atomic E-state index is 5.52. The van der Waals surface area contributed by atoms with Crippen molar-refractivity contribution in [3.05, 3.63) is 72.1 Å². The zero-order valence-electron chi connectivity index (χ0n) is 17.3. The zero-order chi connectivity index (χ0) is 20.1. The fourth-order valence-electron chi connectivity index (χ4n) is 3.99. The highest BCUT2D eigenvalue weighted by atomic mass is 16.5. The monoisotopic (exact) mass is 390 g/mol. The molecule has 1 aliphatic heterocycles. The van der Waals surface area contributed by atoms with Crippen LogP contribution in [0.5, 0.6) is 0 Å². The first kappa shape index (κ1) is 19.7. The summed E-state index contributed by atoms with van der Waals surface area (Å²) in [5, 5.41) is 6.96. The topological polar surface area (TPSA) is 44.4 Å². The summed E-state index contributed by atoms with van der Waals surface area (Å²) in [5.74, 6) is 0.372. The fourth-order valence-corrected chi connectivity index (χ4v) is 3.99. The number of hydrogen-bond acceptors (Lipinski definition) is 4. The summed E-state index contributed by atoms with van der Waals surface area (Å²) in [7, 11) is 4.28. The highest BCUT2D eigenvalue weighted by Gasteiger charge is 2.18. The van der Waals surface area contributed by atoms with Gasteiger partial charge in [-0.25, -0.2) is 0 Å². The smallest absolute Gasteiger partial charge is 0.0642 e. The first-order valence-electron chi connectivity index (χ1n) is 10.4. The highest BCUT2D eigenvalue weighted by Crippen LogP contribution is 2.32. The molecule has 1 unspecified atom stereocenters. The van der Waals surface area contributed by atoms with Crippen LogP contribution >= 0.6 is 0 Å². The van der Waals surface area contributed by atoms with Crippen molar-refractivity contribution in [3.63, 3.8) is 0 Å². The average Bonchev–Trinajstić information content (AvgIpc) is 3.30.